The fraction of sp³-hybridized carbons (Fsp3) is 0.900. The van der Waals surface area contributed by atoms with Crippen LogP contribution in [0.3, 0.4) is 0 Å². The molecule has 0 atom stereocenters. The van der Waals surface area contributed by atoms with Gasteiger partial charge in [-0.15, -0.1) is 0 Å². The molecule has 1 fully saturated rings. The van der Waals surface area contributed by atoms with Crippen molar-refractivity contribution in [2.75, 3.05) is 27.3 Å². The molecule has 82 valence electrons. The summed E-state index contributed by atoms with van der Waals surface area (Å²) in [5, 5.41) is 0. The van der Waals surface area contributed by atoms with Gasteiger partial charge in [0, 0.05) is 26.7 Å². The van der Waals surface area contributed by atoms with Gasteiger partial charge in [-0.3, -0.25) is 4.79 Å². The van der Waals surface area contributed by atoms with Crippen LogP contribution in [0, 0.1) is 5.92 Å². The molecular formula is C10H20N2O2. The Labute approximate surface area is 85.4 Å². The summed E-state index contributed by atoms with van der Waals surface area (Å²) in [6, 6.07) is 0.363. The van der Waals surface area contributed by atoms with Crippen LogP contribution in [-0.4, -0.2) is 44.2 Å². The molecule has 4 nitrogen and oxygen atoms in total. The highest BCUT2D eigenvalue weighted by Gasteiger charge is 2.27. The van der Waals surface area contributed by atoms with Gasteiger partial charge in [-0.25, -0.2) is 0 Å². The lowest BCUT2D eigenvalue weighted by Gasteiger charge is -2.35. The van der Waals surface area contributed by atoms with Crippen molar-refractivity contribution in [1.82, 2.24) is 4.90 Å². The van der Waals surface area contributed by atoms with E-state index in [2.05, 4.69) is 0 Å². The van der Waals surface area contributed by atoms with Gasteiger partial charge in [-0.05, 0) is 18.8 Å². The Bertz CT molecular complexity index is 191. The van der Waals surface area contributed by atoms with Crippen molar-refractivity contribution in [3.8, 4) is 0 Å². The highest BCUT2D eigenvalue weighted by molar-refractivity contribution is 5.75. The fourth-order valence-corrected chi connectivity index (χ4v) is 1.81. The zero-order valence-corrected chi connectivity index (χ0v) is 9.03. The summed E-state index contributed by atoms with van der Waals surface area (Å²) in [6.45, 7) is 1.35. The summed E-state index contributed by atoms with van der Waals surface area (Å²) < 4.78 is 4.86. The van der Waals surface area contributed by atoms with Crippen LogP contribution in [0.15, 0.2) is 0 Å². The van der Waals surface area contributed by atoms with Crippen molar-refractivity contribution in [1.29, 1.82) is 0 Å². The quantitative estimate of drug-likeness (QED) is 0.690. The van der Waals surface area contributed by atoms with Gasteiger partial charge in [0.1, 0.15) is 0 Å². The number of carbonyl (C=O) groups is 1. The monoisotopic (exact) mass is 200 g/mol. The SMILES string of the molecule is COCCC(=O)N(C)CC1CC(N)C1. The van der Waals surface area contributed by atoms with Crippen molar-refractivity contribution in [3.63, 3.8) is 0 Å². The molecular weight excluding hydrogens is 180 g/mol. The Morgan fingerprint density at radius 2 is 2.21 bits per heavy atom. The van der Waals surface area contributed by atoms with Crippen LogP contribution in [0.25, 0.3) is 0 Å². The number of nitrogens with zero attached hydrogens (tertiary/aromatic N) is 1. The topological polar surface area (TPSA) is 55.6 Å². The lowest BCUT2D eigenvalue weighted by molar-refractivity contribution is -0.131. The van der Waals surface area contributed by atoms with Crippen molar-refractivity contribution in [3.05, 3.63) is 0 Å². The number of hydrogen-bond acceptors (Lipinski definition) is 3. The van der Waals surface area contributed by atoms with Gasteiger partial charge < -0.3 is 15.4 Å². The Kier molecular flexibility index (Phi) is 4.35. The van der Waals surface area contributed by atoms with Gasteiger partial charge in [0.15, 0.2) is 0 Å². The molecule has 1 aliphatic rings. The van der Waals surface area contributed by atoms with Crippen molar-refractivity contribution < 1.29 is 9.53 Å². The summed E-state index contributed by atoms with van der Waals surface area (Å²) in [5.41, 5.74) is 5.68. The minimum absolute atomic E-state index is 0.160. The van der Waals surface area contributed by atoms with Crippen LogP contribution in [-0.2, 0) is 9.53 Å². The maximum Gasteiger partial charge on any atom is 0.224 e. The predicted octanol–water partition coefficient (Wildman–Crippen LogP) is 0.219. The number of amides is 1. The van der Waals surface area contributed by atoms with E-state index in [1.165, 1.54) is 0 Å². The van der Waals surface area contributed by atoms with Gasteiger partial charge in [0.2, 0.25) is 5.91 Å². The second-order valence-electron chi connectivity index (χ2n) is 4.11. The average Bonchev–Trinajstić information content (AvgIpc) is 2.11. The lowest BCUT2D eigenvalue weighted by Crippen LogP contribution is -2.43. The first-order chi connectivity index (χ1) is 6.63. The Morgan fingerprint density at radius 1 is 1.57 bits per heavy atom. The van der Waals surface area contributed by atoms with Crippen molar-refractivity contribution in [2.45, 2.75) is 25.3 Å². The first-order valence-electron chi connectivity index (χ1n) is 5.12. The molecule has 14 heavy (non-hydrogen) atoms. The Balaban J connectivity index is 2.14. The molecule has 1 amide bonds. The molecule has 0 radical (unpaired) electrons. The maximum absolute atomic E-state index is 11.5. The summed E-state index contributed by atoms with van der Waals surface area (Å²) in [4.78, 5) is 13.3. The largest absolute Gasteiger partial charge is 0.384 e. The minimum atomic E-state index is 0.160. The number of hydrogen-bond donors (Lipinski definition) is 1. The van der Waals surface area contributed by atoms with E-state index in [1.807, 2.05) is 7.05 Å². The second kappa shape index (κ2) is 5.32. The fourth-order valence-electron chi connectivity index (χ4n) is 1.81. The van der Waals surface area contributed by atoms with E-state index >= 15 is 0 Å². The molecule has 0 aliphatic heterocycles. The van der Waals surface area contributed by atoms with Crippen LogP contribution in [0.1, 0.15) is 19.3 Å². The average molecular weight is 200 g/mol. The molecule has 1 saturated carbocycles. The molecule has 1 aliphatic carbocycles. The number of carbonyl (C=O) groups excluding carboxylic acids is 1. The molecule has 0 unspecified atom stereocenters. The van der Waals surface area contributed by atoms with Gasteiger partial charge in [0.25, 0.3) is 0 Å². The minimum Gasteiger partial charge on any atom is -0.384 e. The van der Waals surface area contributed by atoms with E-state index in [4.69, 9.17) is 10.5 Å². The molecule has 4 heteroatoms. The van der Waals surface area contributed by atoms with E-state index in [0.29, 0.717) is 25.0 Å². The van der Waals surface area contributed by atoms with E-state index < -0.39 is 0 Å². The normalized spacial score (nSPS) is 25.6. The lowest BCUT2D eigenvalue weighted by atomic mass is 9.80. The van der Waals surface area contributed by atoms with Crippen molar-refractivity contribution in [2.24, 2.45) is 11.7 Å². The maximum atomic E-state index is 11.5. The highest BCUT2D eigenvalue weighted by atomic mass is 16.5. The number of rotatable bonds is 5. The van der Waals surface area contributed by atoms with Gasteiger partial charge in [-0.2, -0.15) is 0 Å². The van der Waals surface area contributed by atoms with Crippen molar-refractivity contribution >= 4 is 5.91 Å². The summed E-state index contributed by atoms with van der Waals surface area (Å²) in [6.07, 6.45) is 2.59. The third-order valence-corrected chi connectivity index (χ3v) is 2.75. The van der Waals surface area contributed by atoms with Crippen LogP contribution in [0.2, 0.25) is 0 Å². The Hall–Kier alpha value is -0.610. The van der Waals surface area contributed by atoms with Gasteiger partial charge >= 0.3 is 0 Å². The van der Waals surface area contributed by atoms with E-state index in [0.717, 1.165) is 19.4 Å². The van der Waals surface area contributed by atoms with E-state index in [1.54, 1.807) is 12.0 Å². The molecule has 0 saturated heterocycles. The standard InChI is InChI=1S/C10H20N2O2/c1-12(10(13)3-4-14-2)7-8-5-9(11)6-8/h8-9H,3-7,11H2,1-2H3. The van der Waals surface area contributed by atoms with Crippen LogP contribution in [0.5, 0.6) is 0 Å². The second-order valence-corrected chi connectivity index (χ2v) is 4.11. The molecule has 0 aromatic carbocycles. The van der Waals surface area contributed by atoms with E-state index in [-0.39, 0.29) is 5.91 Å². The molecule has 0 spiro atoms. The first kappa shape index (κ1) is 11.5. The molecule has 0 aromatic rings. The van der Waals surface area contributed by atoms with Crippen LogP contribution >= 0.6 is 0 Å². The first-order valence-corrected chi connectivity index (χ1v) is 5.12. The Morgan fingerprint density at radius 3 is 2.71 bits per heavy atom. The summed E-state index contributed by atoms with van der Waals surface area (Å²) >= 11 is 0. The molecule has 0 aromatic heterocycles. The van der Waals surface area contributed by atoms with Gasteiger partial charge in [0.05, 0.1) is 13.0 Å². The smallest absolute Gasteiger partial charge is 0.224 e. The third-order valence-electron chi connectivity index (χ3n) is 2.75. The third kappa shape index (κ3) is 3.27. The van der Waals surface area contributed by atoms with E-state index in [9.17, 15) is 4.79 Å². The van der Waals surface area contributed by atoms with Crippen LogP contribution < -0.4 is 5.73 Å². The van der Waals surface area contributed by atoms with Crippen LogP contribution in [0.4, 0.5) is 0 Å². The predicted molar refractivity (Wildman–Crippen MR) is 54.8 cm³/mol. The molecule has 0 bridgehead atoms. The highest BCUT2D eigenvalue weighted by Crippen LogP contribution is 2.26. The zero-order valence-electron chi connectivity index (χ0n) is 9.03. The number of nitrogens with two attached hydrogens (primary N) is 1. The summed E-state index contributed by atoms with van der Waals surface area (Å²) in [7, 11) is 3.46. The number of methoxy groups -OCH3 is 1. The summed E-state index contributed by atoms with van der Waals surface area (Å²) in [5.74, 6) is 0.772. The number of ether oxygens (including phenoxy) is 1. The molecule has 0 heterocycles. The van der Waals surface area contributed by atoms with Gasteiger partial charge in [-0.1, -0.05) is 0 Å². The molecule has 2 N–H and O–H groups in total. The molecule has 1 rings (SSSR count). The zero-order chi connectivity index (χ0) is 10.6.